The van der Waals surface area contributed by atoms with Crippen LogP contribution < -0.4 is 5.32 Å². The van der Waals surface area contributed by atoms with E-state index in [1.165, 1.54) is 11.1 Å². The zero-order valence-electron chi connectivity index (χ0n) is 8.32. The Morgan fingerprint density at radius 1 is 1.57 bits per heavy atom. The van der Waals surface area contributed by atoms with E-state index >= 15 is 0 Å². The summed E-state index contributed by atoms with van der Waals surface area (Å²) in [5.41, 5.74) is 2.70. The first-order chi connectivity index (χ1) is 6.92. The van der Waals surface area contributed by atoms with Gasteiger partial charge in [-0.25, -0.2) is 0 Å². The van der Waals surface area contributed by atoms with Crippen molar-refractivity contribution < 1.29 is 4.74 Å². The Kier molecular flexibility index (Phi) is 3.22. The van der Waals surface area contributed by atoms with Crippen LogP contribution in [-0.2, 0) is 4.74 Å². The van der Waals surface area contributed by atoms with Crippen LogP contribution in [0, 0.1) is 0 Å². The lowest BCUT2D eigenvalue weighted by Crippen LogP contribution is -2.20. The summed E-state index contributed by atoms with van der Waals surface area (Å²) in [7, 11) is 2.00. The fourth-order valence-electron chi connectivity index (χ4n) is 1.80. The molecule has 2 rings (SSSR count). The minimum Gasteiger partial charge on any atom is -0.501 e. The number of nitrogens with one attached hydrogen (secondary N) is 1. The molecule has 1 unspecified atom stereocenters. The minimum atomic E-state index is 0.335. The van der Waals surface area contributed by atoms with Gasteiger partial charge in [0.15, 0.2) is 0 Å². The van der Waals surface area contributed by atoms with Crippen LogP contribution in [-0.4, -0.2) is 13.7 Å². The Hall–Kier alpha value is -0.800. The van der Waals surface area contributed by atoms with Gasteiger partial charge in [-0.05, 0) is 47.9 Å². The van der Waals surface area contributed by atoms with E-state index in [9.17, 15) is 0 Å². The largest absolute Gasteiger partial charge is 0.501 e. The third-order valence-corrected chi connectivity index (χ3v) is 3.20. The van der Waals surface area contributed by atoms with Gasteiger partial charge in [0.2, 0.25) is 0 Å². The lowest BCUT2D eigenvalue weighted by atomic mass is 9.98. The Labute approximate surface area is 88.6 Å². The third-order valence-electron chi connectivity index (χ3n) is 2.50. The molecule has 1 aliphatic heterocycles. The number of likely N-dealkylation sites (N-methyl/N-ethyl adjacent to an activating group) is 1. The molecular weight excluding hydrogens is 194 g/mol. The van der Waals surface area contributed by atoms with Crippen LogP contribution in [0.4, 0.5) is 0 Å². The summed E-state index contributed by atoms with van der Waals surface area (Å²) < 4.78 is 5.36. The number of ether oxygens (including phenoxy) is 1. The minimum absolute atomic E-state index is 0.335. The SMILES string of the molecule is CNC(C1=COCCC1)c1ccsc1. The average molecular weight is 209 g/mol. The fourth-order valence-corrected chi connectivity index (χ4v) is 2.49. The quantitative estimate of drug-likeness (QED) is 0.826. The van der Waals surface area contributed by atoms with E-state index in [0.717, 1.165) is 19.4 Å². The highest BCUT2D eigenvalue weighted by atomic mass is 32.1. The van der Waals surface area contributed by atoms with Crippen molar-refractivity contribution in [1.82, 2.24) is 5.32 Å². The Bertz CT molecular complexity index is 305. The maximum absolute atomic E-state index is 5.36. The van der Waals surface area contributed by atoms with Gasteiger partial charge in [-0.15, -0.1) is 0 Å². The van der Waals surface area contributed by atoms with Crippen LogP contribution in [0.25, 0.3) is 0 Å². The maximum atomic E-state index is 5.36. The second-order valence-electron chi connectivity index (χ2n) is 3.45. The zero-order valence-corrected chi connectivity index (χ0v) is 9.14. The first-order valence-corrected chi connectivity index (χ1v) is 5.86. The number of hydrogen-bond acceptors (Lipinski definition) is 3. The van der Waals surface area contributed by atoms with E-state index in [1.54, 1.807) is 11.3 Å². The molecule has 0 aromatic carbocycles. The van der Waals surface area contributed by atoms with E-state index in [4.69, 9.17) is 4.74 Å². The highest BCUT2D eigenvalue weighted by Gasteiger charge is 2.17. The molecule has 0 saturated heterocycles. The number of rotatable bonds is 3. The summed E-state index contributed by atoms with van der Waals surface area (Å²) >= 11 is 1.74. The highest BCUT2D eigenvalue weighted by molar-refractivity contribution is 7.08. The highest BCUT2D eigenvalue weighted by Crippen LogP contribution is 2.28. The molecule has 1 aliphatic rings. The summed E-state index contributed by atoms with van der Waals surface area (Å²) in [6, 6.07) is 2.50. The third kappa shape index (κ3) is 1.99. The second kappa shape index (κ2) is 4.62. The summed E-state index contributed by atoms with van der Waals surface area (Å²) in [6.07, 6.45) is 4.19. The summed E-state index contributed by atoms with van der Waals surface area (Å²) in [4.78, 5) is 0. The predicted octanol–water partition coefficient (Wildman–Crippen LogP) is 2.70. The van der Waals surface area contributed by atoms with Crippen LogP contribution in [0.15, 0.2) is 28.7 Å². The van der Waals surface area contributed by atoms with Gasteiger partial charge in [0.1, 0.15) is 0 Å². The lowest BCUT2D eigenvalue weighted by molar-refractivity contribution is 0.220. The van der Waals surface area contributed by atoms with E-state index in [1.807, 2.05) is 13.3 Å². The maximum Gasteiger partial charge on any atom is 0.0876 e. The van der Waals surface area contributed by atoms with Crippen molar-refractivity contribution in [3.63, 3.8) is 0 Å². The van der Waals surface area contributed by atoms with Crippen molar-refractivity contribution in [2.75, 3.05) is 13.7 Å². The van der Waals surface area contributed by atoms with Gasteiger partial charge in [0.05, 0.1) is 18.9 Å². The summed E-state index contributed by atoms with van der Waals surface area (Å²) in [5.74, 6) is 0. The first kappa shape index (κ1) is 9.74. The van der Waals surface area contributed by atoms with E-state index in [0.29, 0.717) is 6.04 Å². The van der Waals surface area contributed by atoms with E-state index in [2.05, 4.69) is 22.1 Å². The molecule has 2 heterocycles. The van der Waals surface area contributed by atoms with Gasteiger partial charge in [0.25, 0.3) is 0 Å². The van der Waals surface area contributed by atoms with Crippen molar-refractivity contribution in [2.24, 2.45) is 0 Å². The fraction of sp³-hybridized carbons (Fsp3) is 0.455. The zero-order chi connectivity index (χ0) is 9.80. The van der Waals surface area contributed by atoms with Crippen LogP contribution >= 0.6 is 11.3 Å². The summed E-state index contributed by atoms with van der Waals surface area (Å²) in [6.45, 7) is 0.865. The average Bonchev–Trinajstić information content (AvgIpc) is 2.74. The van der Waals surface area contributed by atoms with Crippen molar-refractivity contribution in [3.05, 3.63) is 34.2 Å². The molecule has 0 saturated carbocycles. The molecule has 76 valence electrons. The van der Waals surface area contributed by atoms with Gasteiger partial charge in [0, 0.05) is 0 Å². The molecule has 2 nitrogen and oxygen atoms in total. The molecule has 1 aromatic rings. The molecule has 0 bridgehead atoms. The van der Waals surface area contributed by atoms with Crippen molar-refractivity contribution >= 4 is 11.3 Å². The Balaban J connectivity index is 2.16. The number of thiophene rings is 1. The molecule has 14 heavy (non-hydrogen) atoms. The number of hydrogen-bond donors (Lipinski definition) is 1. The van der Waals surface area contributed by atoms with Crippen molar-refractivity contribution in [1.29, 1.82) is 0 Å². The normalized spacial score (nSPS) is 18.5. The van der Waals surface area contributed by atoms with Crippen molar-refractivity contribution in [3.8, 4) is 0 Å². The van der Waals surface area contributed by atoms with Gasteiger partial charge in [-0.3, -0.25) is 0 Å². The standard InChI is InChI=1S/C11H15NOS/c1-12-11(10-4-6-14-8-10)9-3-2-5-13-7-9/h4,6-8,11-12H,2-3,5H2,1H3. The molecule has 3 heteroatoms. The molecule has 0 amide bonds. The molecule has 1 aromatic heterocycles. The van der Waals surface area contributed by atoms with Gasteiger partial charge >= 0.3 is 0 Å². The molecular formula is C11H15NOS. The van der Waals surface area contributed by atoms with Crippen molar-refractivity contribution in [2.45, 2.75) is 18.9 Å². The van der Waals surface area contributed by atoms with Gasteiger partial charge in [-0.1, -0.05) is 0 Å². The summed E-state index contributed by atoms with van der Waals surface area (Å²) in [5, 5.41) is 7.64. The van der Waals surface area contributed by atoms with E-state index in [-0.39, 0.29) is 0 Å². The molecule has 1 atom stereocenters. The topological polar surface area (TPSA) is 21.3 Å². The van der Waals surface area contributed by atoms with E-state index < -0.39 is 0 Å². The first-order valence-electron chi connectivity index (χ1n) is 4.91. The van der Waals surface area contributed by atoms with Crippen LogP contribution in [0.2, 0.25) is 0 Å². The Morgan fingerprint density at radius 2 is 2.50 bits per heavy atom. The lowest BCUT2D eigenvalue weighted by Gasteiger charge is -2.22. The molecule has 1 N–H and O–H groups in total. The van der Waals surface area contributed by atoms with Crippen LogP contribution in [0.5, 0.6) is 0 Å². The Morgan fingerprint density at radius 3 is 3.07 bits per heavy atom. The molecule has 0 spiro atoms. The van der Waals surface area contributed by atoms with Gasteiger partial charge in [-0.2, -0.15) is 11.3 Å². The second-order valence-corrected chi connectivity index (χ2v) is 4.23. The predicted molar refractivity (Wildman–Crippen MR) is 59.4 cm³/mol. The van der Waals surface area contributed by atoms with Crippen LogP contribution in [0.1, 0.15) is 24.4 Å². The molecule has 0 aliphatic carbocycles. The molecule has 0 radical (unpaired) electrons. The monoisotopic (exact) mass is 209 g/mol. The molecule has 0 fully saturated rings. The smallest absolute Gasteiger partial charge is 0.0876 e. The van der Waals surface area contributed by atoms with Crippen LogP contribution in [0.3, 0.4) is 0 Å². The van der Waals surface area contributed by atoms with Gasteiger partial charge < -0.3 is 10.1 Å².